The number of benzene rings is 1. The predicted molar refractivity (Wildman–Crippen MR) is 71.2 cm³/mol. The van der Waals surface area contributed by atoms with E-state index in [1.165, 1.54) is 6.92 Å². The van der Waals surface area contributed by atoms with Crippen molar-refractivity contribution in [3.05, 3.63) is 35.4 Å². The summed E-state index contributed by atoms with van der Waals surface area (Å²) in [7, 11) is 0. The third-order valence-electron chi connectivity index (χ3n) is 2.66. The first-order valence-corrected chi connectivity index (χ1v) is 6.15. The van der Waals surface area contributed by atoms with Gasteiger partial charge in [-0.1, -0.05) is 24.3 Å². The van der Waals surface area contributed by atoms with Crippen molar-refractivity contribution >= 4 is 11.8 Å². The van der Waals surface area contributed by atoms with Gasteiger partial charge in [0, 0.05) is 20.0 Å². The van der Waals surface area contributed by atoms with E-state index in [0.29, 0.717) is 19.5 Å². The average Bonchev–Trinajstić information content (AvgIpc) is 2.31. The topological polar surface area (TPSA) is 58.2 Å². The molecule has 0 spiro atoms. The van der Waals surface area contributed by atoms with E-state index in [2.05, 4.69) is 10.6 Å². The van der Waals surface area contributed by atoms with E-state index in [4.69, 9.17) is 0 Å². The average molecular weight is 248 g/mol. The van der Waals surface area contributed by atoms with Crippen LogP contribution in [0.2, 0.25) is 0 Å². The molecule has 0 aliphatic rings. The molecule has 4 heteroatoms. The Kier molecular flexibility index (Phi) is 5.91. The van der Waals surface area contributed by atoms with Crippen LogP contribution in [-0.4, -0.2) is 24.9 Å². The maximum Gasteiger partial charge on any atom is 0.224 e. The molecule has 0 heterocycles. The second-order valence-electron chi connectivity index (χ2n) is 4.29. The van der Waals surface area contributed by atoms with Crippen LogP contribution in [0.15, 0.2) is 24.3 Å². The van der Waals surface area contributed by atoms with E-state index in [1.54, 1.807) is 0 Å². The van der Waals surface area contributed by atoms with Crippen LogP contribution in [0.5, 0.6) is 0 Å². The van der Waals surface area contributed by atoms with Crippen molar-refractivity contribution in [3.63, 3.8) is 0 Å². The Hall–Kier alpha value is -1.84. The largest absolute Gasteiger partial charge is 0.356 e. The standard InChI is InChI=1S/C14H20N2O2/c1-11-6-3-4-7-13(11)10-14(18)16-9-5-8-15-12(2)17/h3-4,6-7H,5,8-10H2,1-2H3,(H,15,17)(H,16,18). The van der Waals surface area contributed by atoms with Crippen molar-refractivity contribution < 1.29 is 9.59 Å². The monoisotopic (exact) mass is 248 g/mol. The van der Waals surface area contributed by atoms with E-state index in [0.717, 1.165) is 17.5 Å². The second kappa shape index (κ2) is 7.48. The zero-order valence-corrected chi connectivity index (χ0v) is 11.0. The maximum atomic E-state index is 11.7. The molecule has 4 nitrogen and oxygen atoms in total. The quantitative estimate of drug-likeness (QED) is 0.743. The fraction of sp³-hybridized carbons (Fsp3) is 0.429. The summed E-state index contributed by atoms with van der Waals surface area (Å²) in [5.74, 6) is -0.0200. The highest BCUT2D eigenvalue weighted by Crippen LogP contribution is 2.07. The third-order valence-corrected chi connectivity index (χ3v) is 2.66. The molecule has 1 aromatic rings. The van der Waals surface area contributed by atoms with Crippen molar-refractivity contribution in [1.29, 1.82) is 0 Å². The number of amides is 2. The molecule has 0 aliphatic carbocycles. The summed E-state index contributed by atoms with van der Waals surface area (Å²) in [6.07, 6.45) is 1.16. The lowest BCUT2D eigenvalue weighted by Crippen LogP contribution is -2.29. The van der Waals surface area contributed by atoms with Crippen LogP contribution in [0.4, 0.5) is 0 Å². The number of nitrogens with one attached hydrogen (secondary N) is 2. The van der Waals surface area contributed by atoms with E-state index < -0.39 is 0 Å². The summed E-state index contributed by atoms with van der Waals surface area (Å²) < 4.78 is 0. The normalized spacial score (nSPS) is 9.89. The maximum absolute atomic E-state index is 11.7. The molecular formula is C14H20N2O2. The van der Waals surface area contributed by atoms with Gasteiger partial charge in [-0.3, -0.25) is 9.59 Å². The summed E-state index contributed by atoms with van der Waals surface area (Å²) >= 11 is 0. The van der Waals surface area contributed by atoms with Gasteiger partial charge in [-0.15, -0.1) is 0 Å². The van der Waals surface area contributed by atoms with Gasteiger partial charge in [0.05, 0.1) is 6.42 Å². The van der Waals surface area contributed by atoms with Crippen molar-refractivity contribution in [2.24, 2.45) is 0 Å². The first-order valence-electron chi connectivity index (χ1n) is 6.15. The molecule has 2 amide bonds. The van der Waals surface area contributed by atoms with Gasteiger partial charge in [0.15, 0.2) is 0 Å². The Morgan fingerprint density at radius 3 is 2.44 bits per heavy atom. The van der Waals surface area contributed by atoms with Gasteiger partial charge in [-0.05, 0) is 24.5 Å². The summed E-state index contributed by atoms with van der Waals surface area (Å²) in [6, 6.07) is 7.86. The smallest absolute Gasteiger partial charge is 0.224 e. The lowest BCUT2D eigenvalue weighted by atomic mass is 10.1. The van der Waals surface area contributed by atoms with Crippen LogP contribution in [0, 0.1) is 6.92 Å². The highest BCUT2D eigenvalue weighted by molar-refractivity contribution is 5.78. The lowest BCUT2D eigenvalue weighted by Gasteiger charge is -2.07. The first kappa shape index (κ1) is 14.2. The second-order valence-corrected chi connectivity index (χ2v) is 4.29. The van der Waals surface area contributed by atoms with Gasteiger partial charge in [-0.25, -0.2) is 0 Å². The summed E-state index contributed by atoms with van der Waals surface area (Å²) in [6.45, 7) is 4.67. The Bertz CT molecular complexity index is 416. The van der Waals surface area contributed by atoms with Gasteiger partial charge in [0.25, 0.3) is 0 Å². The Balaban J connectivity index is 2.22. The van der Waals surface area contributed by atoms with E-state index >= 15 is 0 Å². The molecule has 0 saturated heterocycles. The number of carbonyl (C=O) groups is 2. The molecular weight excluding hydrogens is 228 g/mol. The fourth-order valence-corrected chi connectivity index (χ4v) is 1.62. The van der Waals surface area contributed by atoms with E-state index in [-0.39, 0.29) is 11.8 Å². The molecule has 18 heavy (non-hydrogen) atoms. The SMILES string of the molecule is CC(=O)NCCCNC(=O)Cc1ccccc1C. The van der Waals surface area contributed by atoms with Gasteiger partial charge in [0.1, 0.15) is 0 Å². The highest BCUT2D eigenvalue weighted by atomic mass is 16.2. The fourth-order valence-electron chi connectivity index (χ4n) is 1.62. The van der Waals surface area contributed by atoms with E-state index in [9.17, 15) is 9.59 Å². The van der Waals surface area contributed by atoms with Crippen molar-refractivity contribution in [2.45, 2.75) is 26.7 Å². The van der Waals surface area contributed by atoms with Gasteiger partial charge in [0.2, 0.25) is 11.8 Å². The van der Waals surface area contributed by atoms with Crippen molar-refractivity contribution in [1.82, 2.24) is 10.6 Å². The summed E-state index contributed by atoms with van der Waals surface area (Å²) in [5, 5.41) is 5.53. The molecule has 0 radical (unpaired) electrons. The van der Waals surface area contributed by atoms with Gasteiger partial charge >= 0.3 is 0 Å². The Morgan fingerprint density at radius 1 is 1.11 bits per heavy atom. The lowest BCUT2D eigenvalue weighted by molar-refractivity contribution is -0.120. The molecule has 2 N–H and O–H groups in total. The molecule has 0 atom stereocenters. The third kappa shape index (κ3) is 5.48. The number of hydrogen-bond donors (Lipinski definition) is 2. The minimum Gasteiger partial charge on any atom is -0.356 e. The molecule has 0 saturated carbocycles. The van der Waals surface area contributed by atoms with Gasteiger partial charge < -0.3 is 10.6 Å². The van der Waals surface area contributed by atoms with Crippen LogP contribution < -0.4 is 10.6 Å². The predicted octanol–water partition coefficient (Wildman–Crippen LogP) is 1.18. The molecule has 0 unspecified atom stereocenters. The highest BCUT2D eigenvalue weighted by Gasteiger charge is 2.04. The summed E-state index contributed by atoms with van der Waals surface area (Å²) in [5.41, 5.74) is 2.18. The number of aryl methyl sites for hydroxylation is 1. The zero-order valence-electron chi connectivity index (χ0n) is 11.0. The molecule has 0 bridgehead atoms. The molecule has 0 fully saturated rings. The van der Waals surface area contributed by atoms with Crippen LogP contribution in [0.25, 0.3) is 0 Å². The van der Waals surface area contributed by atoms with Crippen molar-refractivity contribution in [3.8, 4) is 0 Å². The number of rotatable bonds is 6. The number of hydrogen-bond acceptors (Lipinski definition) is 2. The van der Waals surface area contributed by atoms with Crippen molar-refractivity contribution in [2.75, 3.05) is 13.1 Å². The van der Waals surface area contributed by atoms with Gasteiger partial charge in [-0.2, -0.15) is 0 Å². The minimum atomic E-state index is -0.0405. The minimum absolute atomic E-state index is 0.0205. The van der Waals surface area contributed by atoms with Crippen LogP contribution in [0.1, 0.15) is 24.5 Å². The Morgan fingerprint density at radius 2 is 1.78 bits per heavy atom. The molecule has 98 valence electrons. The van der Waals surface area contributed by atoms with Crippen LogP contribution >= 0.6 is 0 Å². The van der Waals surface area contributed by atoms with Crippen LogP contribution in [0.3, 0.4) is 0 Å². The number of carbonyl (C=O) groups excluding carboxylic acids is 2. The summed E-state index contributed by atoms with van der Waals surface area (Å²) in [4.78, 5) is 22.3. The molecule has 0 aliphatic heterocycles. The molecule has 1 rings (SSSR count). The van der Waals surface area contributed by atoms with E-state index in [1.807, 2.05) is 31.2 Å². The van der Waals surface area contributed by atoms with Crippen LogP contribution in [-0.2, 0) is 16.0 Å². The Labute approximate surface area is 108 Å². The zero-order chi connectivity index (χ0) is 13.4. The molecule has 1 aromatic carbocycles. The first-order chi connectivity index (χ1) is 8.59. The molecule has 0 aromatic heterocycles.